The molecule has 5 nitrogen and oxygen atoms in total. The van der Waals surface area contributed by atoms with Gasteiger partial charge in [0.2, 0.25) is 0 Å². The summed E-state index contributed by atoms with van der Waals surface area (Å²) < 4.78 is 5.73. The Morgan fingerprint density at radius 1 is 1.29 bits per heavy atom. The van der Waals surface area contributed by atoms with E-state index in [-0.39, 0.29) is 12.1 Å². The highest BCUT2D eigenvalue weighted by Gasteiger charge is 2.36. The van der Waals surface area contributed by atoms with E-state index < -0.39 is 12.0 Å². The molecule has 2 aliphatic rings. The number of halogens is 1. The highest BCUT2D eigenvalue weighted by Crippen LogP contribution is 2.34. The molecule has 0 aromatic heterocycles. The summed E-state index contributed by atoms with van der Waals surface area (Å²) >= 11 is 6.27. The van der Waals surface area contributed by atoms with E-state index in [0.29, 0.717) is 27.8 Å². The SMILES string of the molecule is CC1=C(C(=O)O[C@H]2CCC[C@@H]2C)[C@@H](c2ccccc2Cl)NC(=O)N1. The lowest BCUT2D eigenvalue weighted by molar-refractivity contribution is -0.146. The molecule has 6 heteroatoms. The summed E-state index contributed by atoms with van der Waals surface area (Å²) in [6, 6.07) is 6.20. The van der Waals surface area contributed by atoms with E-state index >= 15 is 0 Å². The van der Waals surface area contributed by atoms with Crippen molar-refractivity contribution in [2.24, 2.45) is 5.92 Å². The van der Waals surface area contributed by atoms with Crippen molar-refractivity contribution in [3.63, 3.8) is 0 Å². The largest absolute Gasteiger partial charge is 0.459 e. The zero-order valence-corrected chi connectivity index (χ0v) is 14.5. The lowest BCUT2D eigenvalue weighted by atomic mass is 9.95. The molecule has 128 valence electrons. The van der Waals surface area contributed by atoms with Crippen LogP contribution in [0.1, 0.15) is 44.7 Å². The predicted octanol–water partition coefficient (Wildman–Crippen LogP) is 3.70. The summed E-state index contributed by atoms with van der Waals surface area (Å²) in [5.41, 5.74) is 1.58. The van der Waals surface area contributed by atoms with Crippen molar-refractivity contribution in [2.75, 3.05) is 0 Å². The van der Waals surface area contributed by atoms with Gasteiger partial charge in [0.25, 0.3) is 0 Å². The minimum atomic E-state index is -0.614. The molecule has 0 spiro atoms. The van der Waals surface area contributed by atoms with Crippen molar-refractivity contribution < 1.29 is 14.3 Å². The number of nitrogens with one attached hydrogen (secondary N) is 2. The normalized spacial score (nSPS) is 26.8. The number of esters is 1. The highest BCUT2D eigenvalue weighted by molar-refractivity contribution is 6.31. The minimum absolute atomic E-state index is 0.0673. The van der Waals surface area contributed by atoms with Gasteiger partial charge in [0, 0.05) is 10.7 Å². The number of benzene rings is 1. The number of carbonyl (C=O) groups excluding carboxylic acids is 2. The Morgan fingerprint density at radius 2 is 2.04 bits per heavy atom. The lowest BCUT2D eigenvalue weighted by Crippen LogP contribution is -2.45. The number of urea groups is 1. The molecule has 1 aliphatic carbocycles. The third kappa shape index (κ3) is 3.26. The Bertz CT molecular complexity index is 701. The standard InChI is InChI=1S/C18H21ClN2O3/c1-10-6-5-9-14(10)24-17(22)15-11(2)20-18(23)21-16(15)12-7-3-4-8-13(12)19/h3-4,7-8,10,14,16H,5-6,9H2,1-2H3,(H2,20,21,23)/t10-,14-,16+/m0/s1. The van der Waals surface area contributed by atoms with Gasteiger partial charge < -0.3 is 15.4 Å². The molecule has 1 saturated carbocycles. The van der Waals surface area contributed by atoms with Crippen LogP contribution < -0.4 is 10.6 Å². The van der Waals surface area contributed by atoms with Crippen LogP contribution in [0, 0.1) is 5.92 Å². The van der Waals surface area contributed by atoms with Crippen LogP contribution in [0.2, 0.25) is 5.02 Å². The van der Waals surface area contributed by atoms with Gasteiger partial charge in [-0.2, -0.15) is 0 Å². The fraction of sp³-hybridized carbons (Fsp3) is 0.444. The number of ether oxygens (including phenoxy) is 1. The van der Waals surface area contributed by atoms with Crippen molar-refractivity contribution in [1.82, 2.24) is 10.6 Å². The van der Waals surface area contributed by atoms with E-state index in [1.165, 1.54) is 0 Å². The van der Waals surface area contributed by atoms with E-state index in [9.17, 15) is 9.59 Å². The van der Waals surface area contributed by atoms with E-state index in [0.717, 1.165) is 19.3 Å². The van der Waals surface area contributed by atoms with Gasteiger partial charge in [0.05, 0.1) is 11.6 Å². The molecule has 1 aromatic carbocycles. The maximum absolute atomic E-state index is 12.8. The van der Waals surface area contributed by atoms with Gasteiger partial charge in [0.1, 0.15) is 6.10 Å². The number of carbonyl (C=O) groups is 2. The maximum atomic E-state index is 12.8. The van der Waals surface area contributed by atoms with Crippen molar-refractivity contribution >= 4 is 23.6 Å². The van der Waals surface area contributed by atoms with Crippen molar-refractivity contribution in [3.8, 4) is 0 Å². The summed E-state index contributed by atoms with van der Waals surface area (Å²) in [6.45, 7) is 3.80. The topological polar surface area (TPSA) is 67.4 Å². The van der Waals surface area contributed by atoms with Crippen LogP contribution in [0.4, 0.5) is 4.79 Å². The van der Waals surface area contributed by atoms with Crippen LogP contribution in [0.15, 0.2) is 35.5 Å². The third-order valence-electron chi connectivity index (χ3n) is 4.75. The van der Waals surface area contributed by atoms with Crippen molar-refractivity contribution in [1.29, 1.82) is 0 Å². The minimum Gasteiger partial charge on any atom is -0.459 e. The quantitative estimate of drug-likeness (QED) is 0.818. The summed E-state index contributed by atoms with van der Waals surface area (Å²) in [5.74, 6) is -0.0385. The molecule has 0 radical (unpaired) electrons. The Labute approximate surface area is 146 Å². The van der Waals surface area contributed by atoms with E-state index in [1.54, 1.807) is 19.1 Å². The van der Waals surface area contributed by atoms with Gasteiger partial charge in [-0.1, -0.05) is 36.7 Å². The first-order valence-corrected chi connectivity index (χ1v) is 8.59. The van der Waals surface area contributed by atoms with E-state index in [4.69, 9.17) is 16.3 Å². The summed E-state index contributed by atoms with van der Waals surface area (Å²) in [7, 11) is 0. The van der Waals surface area contributed by atoms with Gasteiger partial charge in [-0.3, -0.25) is 0 Å². The molecular weight excluding hydrogens is 328 g/mol. The van der Waals surface area contributed by atoms with Crippen LogP contribution in [-0.2, 0) is 9.53 Å². The van der Waals surface area contributed by atoms with Crippen LogP contribution in [0.3, 0.4) is 0 Å². The van der Waals surface area contributed by atoms with Crippen LogP contribution in [-0.4, -0.2) is 18.1 Å². The molecule has 3 rings (SSSR count). The van der Waals surface area contributed by atoms with Crippen molar-refractivity contribution in [2.45, 2.75) is 45.3 Å². The number of hydrogen-bond donors (Lipinski definition) is 2. The van der Waals surface area contributed by atoms with Crippen molar-refractivity contribution in [3.05, 3.63) is 46.1 Å². The smallest absolute Gasteiger partial charge is 0.338 e. The number of hydrogen-bond acceptors (Lipinski definition) is 3. The summed E-state index contributed by atoms with van der Waals surface area (Å²) in [6.07, 6.45) is 2.96. The molecule has 0 saturated heterocycles. The van der Waals surface area contributed by atoms with Crippen LogP contribution >= 0.6 is 11.6 Å². The Hall–Kier alpha value is -2.01. The molecular formula is C18H21ClN2O3. The van der Waals surface area contributed by atoms with Gasteiger partial charge in [0.15, 0.2) is 0 Å². The number of amides is 2. The molecule has 1 aromatic rings. The molecule has 24 heavy (non-hydrogen) atoms. The zero-order chi connectivity index (χ0) is 17.3. The first-order chi connectivity index (χ1) is 11.5. The molecule has 2 N–H and O–H groups in total. The molecule has 0 bridgehead atoms. The lowest BCUT2D eigenvalue weighted by Gasteiger charge is -2.29. The second-order valence-electron chi connectivity index (χ2n) is 6.44. The number of rotatable bonds is 3. The first kappa shape index (κ1) is 16.8. The molecule has 3 atom stereocenters. The van der Waals surface area contributed by atoms with Gasteiger partial charge in [-0.15, -0.1) is 0 Å². The van der Waals surface area contributed by atoms with Gasteiger partial charge in [-0.25, -0.2) is 9.59 Å². The maximum Gasteiger partial charge on any atom is 0.338 e. The Morgan fingerprint density at radius 3 is 2.71 bits per heavy atom. The molecule has 1 aliphatic heterocycles. The molecule has 1 heterocycles. The summed E-state index contributed by atoms with van der Waals surface area (Å²) in [4.78, 5) is 24.7. The highest BCUT2D eigenvalue weighted by atomic mass is 35.5. The van der Waals surface area contributed by atoms with E-state index in [1.807, 2.05) is 12.1 Å². The second kappa shape index (κ2) is 6.85. The fourth-order valence-electron chi connectivity index (χ4n) is 3.39. The Kier molecular flexibility index (Phi) is 4.81. The zero-order valence-electron chi connectivity index (χ0n) is 13.8. The van der Waals surface area contributed by atoms with Gasteiger partial charge in [-0.05, 0) is 43.7 Å². The molecule has 1 fully saturated rings. The average Bonchev–Trinajstić information content (AvgIpc) is 2.92. The fourth-order valence-corrected chi connectivity index (χ4v) is 3.64. The third-order valence-corrected chi connectivity index (χ3v) is 5.09. The van der Waals surface area contributed by atoms with E-state index in [2.05, 4.69) is 17.6 Å². The monoisotopic (exact) mass is 348 g/mol. The predicted molar refractivity (Wildman–Crippen MR) is 91.5 cm³/mol. The number of allylic oxidation sites excluding steroid dienone is 1. The summed E-state index contributed by atoms with van der Waals surface area (Å²) in [5, 5.41) is 5.93. The average molecular weight is 349 g/mol. The van der Waals surface area contributed by atoms with Crippen LogP contribution in [0.5, 0.6) is 0 Å². The molecule has 0 unspecified atom stereocenters. The second-order valence-corrected chi connectivity index (χ2v) is 6.85. The Balaban J connectivity index is 1.92. The first-order valence-electron chi connectivity index (χ1n) is 8.21. The molecule has 2 amide bonds. The van der Waals surface area contributed by atoms with Crippen LogP contribution in [0.25, 0.3) is 0 Å². The van der Waals surface area contributed by atoms with Gasteiger partial charge >= 0.3 is 12.0 Å².